The number of hydrogen-bond donors (Lipinski definition) is 1. The fourth-order valence-corrected chi connectivity index (χ4v) is 3.22. The van der Waals surface area contributed by atoms with Crippen molar-refractivity contribution in [2.45, 2.75) is 19.6 Å². The Morgan fingerprint density at radius 1 is 1.24 bits per heavy atom. The molecule has 0 fully saturated rings. The van der Waals surface area contributed by atoms with Gasteiger partial charge in [-0.25, -0.2) is 0 Å². The molecular formula is C17H18BrNO2. The Balaban J connectivity index is 1.91. The van der Waals surface area contributed by atoms with Gasteiger partial charge in [0.05, 0.1) is 18.3 Å². The van der Waals surface area contributed by atoms with Gasteiger partial charge >= 0.3 is 0 Å². The molecule has 0 bridgehead atoms. The van der Waals surface area contributed by atoms with E-state index in [1.165, 1.54) is 5.56 Å². The van der Waals surface area contributed by atoms with Crippen LogP contribution in [0.1, 0.15) is 24.2 Å². The SMILES string of the molecule is C[C@@H](O)c1ccc(N2CCOc3ccccc3C2)c(Br)c1. The van der Waals surface area contributed by atoms with Gasteiger partial charge in [-0.05, 0) is 46.6 Å². The molecule has 1 aliphatic heterocycles. The Bertz CT molecular complexity index is 642. The Labute approximate surface area is 133 Å². The van der Waals surface area contributed by atoms with Gasteiger partial charge in [-0.2, -0.15) is 0 Å². The highest BCUT2D eigenvalue weighted by atomic mass is 79.9. The third kappa shape index (κ3) is 3.06. The molecule has 0 radical (unpaired) electrons. The minimum atomic E-state index is -0.455. The lowest BCUT2D eigenvalue weighted by Crippen LogP contribution is -2.25. The zero-order chi connectivity index (χ0) is 14.8. The monoisotopic (exact) mass is 347 g/mol. The average Bonchev–Trinajstić information content (AvgIpc) is 2.69. The molecule has 3 rings (SSSR count). The topological polar surface area (TPSA) is 32.7 Å². The summed E-state index contributed by atoms with van der Waals surface area (Å²) in [5.41, 5.74) is 3.23. The molecule has 0 aliphatic carbocycles. The molecule has 0 amide bonds. The number of nitrogens with zero attached hydrogens (tertiary/aromatic N) is 1. The molecule has 0 saturated carbocycles. The van der Waals surface area contributed by atoms with Crippen LogP contribution in [0.4, 0.5) is 5.69 Å². The lowest BCUT2D eigenvalue weighted by molar-refractivity contribution is 0.199. The second-order valence-corrected chi connectivity index (χ2v) is 6.12. The molecule has 4 heteroatoms. The van der Waals surface area contributed by atoms with Gasteiger partial charge in [-0.15, -0.1) is 0 Å². The number of fused-ring (bicyclic) bond motifs is 1. The molecule has 1 heterocycles. The fourth-order valence-electron chi connectivity index (χ4n) is 2.57. The molecular weight excluding hydrogens is 330 g/mol. The third-order valence-corrected chi connectivity index (χ3v) is 4.38. The molecule has 0 aromatic heterocycles. The van der Waals surface area contributed by atoms with E-state index in [-0.39, 0.29) is 0 Å². The van der Waals surface area contributed by atoms with Crippen LogP contribution in [-0.2, 0) is 6.54 Å². The van der Waals surface area contributed by atoms with Crippen LogP contribution in [0.25, 0.3) is 0 Å². The fraction of sp³-hybridized carbons (Fsp3) is 0.294. The van der Waals surface area contributed by atoms with Gasteiger partial charge in [0.25, 0.3) is 0 Å². The van der Waals surface area contributed by atoms with E-state index in [9.17, 15) is 5.11 Å². The van der Waals surface area contributed by atoms with Gasteiger partial charge in [0.1, 0.15) is 12.4 Å². The van der Waals surface area contributed by atoms with E-state index in [2.05, 4.69) is 33.0 Å². The highest BCUT2D eigenvalue weighted by molar-refractivity contribution is 9.10. The van der Waals surface area contributed by atoms with Gasteiger partial charge in [0, 0.05) is 16.6 Å². The molecule has 110 valence electrons. The number of aliphatic hydroxyl groups excluding tert-OH is 1. The molecule has 1 aliphatic rings. The maximum atomic E-state index is 9.67. The van der Waals surface area contributed by atoms with Crippen LogP contribution in [0, 0.1) is 0 Å². The molecule has 2 aromatic rings. The quantitative estimate of drug-likeness (QED) is 0.894. The smallest absolute Gasteiger partial charge is 0.124 e. The predicted molar refractivity (Wildman–Crippen MR) is 87.8 cm³/mol. The van der Waals surface area contributed by atoms with E-state index in [0.29, 0.717) is 6.61 Å². The molecule has 1 atom stereocenters. The van der Waals surface area contributed by atoms with Crippen LogP contribution in [0.2, 0.25) is 0 Å². The van der Waals surface area contributed by atoms with E-state index in [1.54, 1.807) is 6.92 Å². The van der Waals surface area contributed by atoms with Crippen molar-refractivity contribution in [3.05, 3.63) is 58.1 Å². The Kier molecular flexibility index (Phi) is 4.17. The van der Waals surface area contributed by atoms with Crippen LogP contribution < -0.4 is 9.64 Å². The van der Waals surface area contributed by atoms with Crippen molar-refractivity contribution < 1.29 is 9.84 Å². The van der Waals surface area contributed by atoms with Crippen LogP contribution >= 0.6 is 15.9 Å². The summed E-state index contributed by atoms with van der Waals surface area (Å²) in [7, 11) is 0. The lowest BCUT2D eigenvalue weighted by Gasteiger charge is -2.24. The van der Waals surface area contributed by atoms with Crippen LogP contribution in [0.3, 0.4) is 0 Å². The van der Waals surface area contributed by atoms with Crippen molar-refractivity contribution in [1.82, 2.24) is 0 Å². The summed E-state index contributed by atoms with van der Waals surface area (Å²) >= 11 is 3.62. The van der Waals surface area contributed by atoms with E-state index in [0.717, 1.165) is 34.6 Å². The van der Waals surface area contributed by atoms with E-state index >= 15 is 0 Å². The summed E-state index contributed by atoms with van der Waals surface area (Å²) < 4.78 is 6.81. The number of halogens is 1. The molecule has 0 saturated heterocycles. The maximum absolute atomic E-state index is 9.67. The first-order valence-corrected chi connectivity index (χ1v) is 7.87. The lowest BCUT2D eigenvalue weighted by atomic mass is 10.1. The minimum Gasteiger partial charge on any atom is -0.491 e. The molecule has 21 heavy (non-hydrogen) atoms. The van der Waals surface area contributed by atoms with Crippen molar-refractivity contribution in [2.24, 2.45) is 0 Å². The zero-order valence-electron chi connectivity index (χ0n) is 11.9. The van der Waals surface area contributed by atoms with Gasteiger partial charge in [0.2, 0.25) is 0 Å². The van der Waals surface area contributed by atoms with Crippen molar-refractivity contribution >= 4 is 21.6 Å². The van der Waals surface area contributed by atoms with Crippen LogP contribution in [-0.4, -0.2) is 18.3 Å². The van der Waals surface area contributed by atoms with Gasteiger partial charge in [-0.3, -0.25) is 0 Å². The van der Waals surface area contributed by atoms with Gasteiger partial charge in [0.15, 0.2) is 0 Å². The highest BCUT2D eigenvalue weighted by Gasteiger charge is 2.17. The van der Waals surface area contributed by atoms with Crippen molar-refractivity contribution in [1.29, 1.82) is 0 Å². The van der Waals surface area contributed by atoms with Crippen molar-refractivity contribution in [2.75, 3.05) is 18.1 Å². The predicted octanol–water partition coefficient (Wildman–Crippen LogP) is 3.90. The molecule has 0 unspecified atom stereocenters. The van der Waals surface area contributed by atoms with E-state index in [4.69, 9.17) is 4.74 Å². The van der Waals surface area contributed by atoms with Crippen molar-refractivity contribution in [3.8, 4) is 5.75 Å². The minimum absolute atomic E-state index is 0.455. The molecule has 2 aromatic carbocycles. The van der Waals surface area contributed by atoms with E-state index < -0.39 is 6.10 Å². The number of anilines is 1. The van der Waals surface area contributed by atoms with Crippen molar-refractivity contribution in [3.63, 3.8) is 0 Å². The second kappa shape index (κ2) is 6.08. The Morgan fingerprint density at radius 2 is 2.05 bits per heavy atom. The molecule has 3 nitrogen and oxygen atoms in total. The van der Waals surface area contributed by atoms with E-state index in [1.807, 2.05) is 30.3 Å². The van der Waals surface area contributed by atoms with Gasteiger partial charge in [-0.1, -0.05) is 24.3 Å². The van der Waals surface area contributed by atoms with Gasteiger partial charge < -0.3 is 14.7 Å². The summed E-state index contributed by atoms with van der Waals surface area (Å²) in [5.74, 6) is 0.969. The number of para-hydroxylation sites is 1. The van der Waals surface area contributed by atoms with Crippen LogP contribution in [0.5, 0.6) is 5.75 Å². The van der Waals surface area contributed by atoms with Crippen LogP contribution in [0.15, 0.2) is 46.9 Å². The number of hydrogen-bond acceptors (Lipinski definition) is 3. The molecule has 1 N–H and O–H groups in total. The average molecular weight is 348 g/mol. The number of aliphatic hydroxyl groups is 1. The first kappa shape index (κ1) is 14.4. The number of benzene rings is 2. The standard InChI is InChI=1S/C17H18BrNO2/c1-12(20)13-6-7-16(15(18)10-13)19-8-9-21-17-5-3-2-4-14(17)11-19/h2-7,10,12,20H,8-9,11H2,1H3/t12-/m1/s1. The normalized spacial score (nSPS) is 15.9. The maximum Gasteiger partial charge on any atom is 0.124 e. The number of rotatable bonds is 2. The summed E-state index contributed by atoms with van der Waals surface area (Å²) in [5, 5.41) is 9.67. The largest absolute Gasteiger partial charge is 0.491 e. The first-order valence-electron chi connectivity index (χ1n) is 7.08. The summed E-state index contributed by atoms with van der Waals surface area (Å²) in [6, 6.07) is 14.2. The second-order valence-electron chi connectivity index (χ2n) is 5.26. The third-order valence-electron chi connectivity index (χ3n) is 3.75. The summed E-state index contributed by atoms with van der Waals surface area (Å²) in [6.07, 6.45) is -0.455. The Hall–Kier alpha value is -1.52. The summed E-state index contributed by atoms with van der Waals surface area (Å²) in [6.45, 7) is 4.10. The molecule has 0 spiro atoms. The highest BCUT2D eigenvalue weighted by Crippen LogP contribution is 2.32. The summed E-state index contributed by atoms with van der Waals surface area (Å²) in [4.78, 5) is 2.29. The Morgan fingerprint density at radius 3 is 2.81 bits per heavy atom. The first-order chi connectivity index (χ1) is 10.1. The zero-order valence-corrected chi connectivity index (χ0v) is 13.5. The number of ether oxygens (including phenoxy) is 1.